The summed E-state index contributed by atoms with van der Waals surface area (Å²) >= 11 is 0. The SMILES string of the molecule is CC(N)CCCc1c(C(C)C(N)=O)cnc2[nH]ncc12. The zero-order valence-corrected chi connectivity index (χ0v) is 11.9. The van der Waals surface area contributed by atoms with Gasteiger partial charge >= 0.3 is 0 Å². The fourth-order valence-electron chi connectivity index (χ4n) is 2.37. The van der Waals surface area contributed by atoms with E-state index in [1.54, 1.807) is 19.3 Å². The molecule has 2 heterocycles. The van der Waals surface area contributed by atoms with Crippen LogP contribution in [0.2, 0.25) is 0 Å². The van der Waals surface area contributed by atoms with Crippen molar-refractivity contribution in [3.63, 3.8) is 0 Å². The van der Waals surface area contributed by atoms with E-state index in [1.807, 2.05) is 6.92 Å². The van der Waals surface area contributed by atoms with Crippen molar-refractivity contribution in [2.75, 3.05) is 0 Å². The Kier molecular flexibility index (Phi) is 4.34. The summed E-state index contributed by atoms with van der Waals surface area (Å²) in [5.74, 6) is -0.699. The molecule has 6 nitrogen and oxygen atoms in total. The smallest absolute Gasteiger partial charge is 0.224 e. The normalized spacial score (nSPS) is 14.3. The molecule has 2 unspecified atom stereocenters. The first-order valence-corrected chi connectivity index (χ1v) is 6.86. The van der Waals surface area contributed by atoms with Gasteiger partial charge in [0.1, 0.15) is 0 Å². The van der Waals surface area contributed by atoms with Gasteiger partial charge in [-0.1, -0.05) is 0 Å². The highest BCUT2D eigenvalue weighted by atomic mass is 16.1. The first-order chi connectivity index (χ1) is 9.50. The van der Waals surface area contributed by atoms with Crippen molar-refractivity contribution in [1.82, 2.24) is 15.2 Å². The van der Waals surface area contributed by atoms with Gasteiger partial charge in [-0.3, -0.25) is 9.89 Å². The van der Waals surface area contributed by atoms with Crippen LogP contribution in [0.25, 0.3) is 11.0 Å². The van der Waals surface area contributed by atoms with Crippen molar-refractivity contribution >= 4 is 16.9 Å². The summed E-state index contributed by atoms with van der Waals surface area (Å²) in [6.45, 7) is 3.80. The van der Waals surface area contributed by atoms with E-state index in [9.17, 15) is 4.79 Å². The number of aryl methyl sites for hydroxylation is 1. The summed E-state index contributed by atoms with van der Waals surface area (Å²) in [4.78, 5) is 15.8. The fourth-order valence-corrected chi connectivity index (χ4v) is 2.37. The molecule has 0 radical (unpaired) electrons. The van der Waals surface area contributed by atoms with E-state index in [-0.39, 0.29) is 17.9 Å². The summed E-state index contributed by atoms with van der Waals surface area (Å²) in [6.07, 6.45) is 6.21. The zero-order valence-electron chi connectivity index (χ0n) is 11.9. The molecule has 0 bridgehead atoms. The standard InChI is InChI=1S/C14H21N5O/c1-8(15)4-3-5-10-11(9(2)13(16)20)6-17-14-12(10)7-18-19-14/h6-9H,3-5,15H2,1-2H3,(H2,16,20)(H,17,18,19). The van der Waals surface area contributed by atoms with Crippen molar-refractivity contribution in [2.45, 2.75) is 45.1 Å². The second kappa shape index (κ2) is 6.00. The van der Waals surface area contributed by atoms with E-state index in [0.29, 0.717) is 0 Å². The maximum Gasteiger partial charge on any atom is 0.224 e. The highest BCUT2D eigenvalue weighted by Crippen LogP contribution is 2.26. The molecule has 2 rings (SSSR count). The predicted molar refractivity (Wildman–Crippen MR) is 78.1 cm³/mol. The van der Waals surface area contributed by atoms with E-state index < -0.39 is 0 Å². The monoisotopic (exact) mass is 275 g/mol. The average molecular weight is 275 g/mol. The first kappa shape index (κ1) is 14.5. The van der Waals surface area contributed by atoms with Crippen LogP contribution in [0.1, 0.15) is 43.7 Å². The van der Waals surface area contributed by atoms with Crippen LogP contribution < -0.4 is 11.5 Å². The Morgan fingerprint density at radius 1 is 1.40 bits per heavy atom. The number of carbonyl (C=O) groups excluding carboxylic acids is 1. The second-order valence-electron chi connectivity index (χ2n) is 5.32. The molecule has 0 aliphatic rings. The summed E-state index contributed by atoms with van der Waals surface area (Å²) in [5, 5.41) is 7.83. The predicted octanol–water partition coefficient (Wildman–Crippen LogP) is 1.22. The minimum Gasteiger partial charge on any atom is -0.369 e. The Morgan fingerprint density at radius 2 is 2.15 bits per heavy atom. The molecule has 5 N–H and O–H groups in total. The second-order valence-corrected chi connectivity index (χ2v) is 5.32. The molecule has 0 fully saturated rings. The zero-order chi connectivity index (χ0) is 14.7. The first-order valence-electron chi connectivity index (χ1n) is 6.86. The number of nitrogens with one attached hydrogen (secondary N) is 1. The number of carbonyl (C=O) groups is 1. The number of pyridine rings is 1. The van der Waals surface area contributed by atoms with Gasteiger partial charge in [0.2, 0.25) is 5.91 Å². The lowest BCUT2D eigenvalue weighted by Crippen LogP contribution is -2.20. The molecule has 6 heteroatoms. The fraction of sp³-hybridized carbons (Fsp3) is 0.500. The molecule has 0 saturated heterocycles. The van der Waals surface area contributed by atoms with Gasteiger partial charge in [-0.2, -0.15) is 5.10 Å². The van der Waals surface area contributed by atoms with Gasteiger partial charge in [-0.25, -0.2) is 4.98 Å². The number of fused-ring (bicyclic) bond motifs is 1. The number of hydrogen-bond donors (Lipinski definition) is 3. The number of aromatic nitrogens is 3. The van der Waals surface area contributed by atoms with Crippen LogP contribution in [0.5, 0.6) is 0 Å². The molecule has 108 valence electrons. The number of nitrogens with two attached hydrogens (primary N) is 2. The molecule has 20 heavy (non-hydrogen) atoms. The van der Waals surface area contributed by atoms with Crippen LogP contribution in [0.3, 0.4) is 0 Å². The number of hydrogen-bond acceptors (Lipinski definition) is 4. The lowest BCUT2D eigenvalue weighted by Gasteiger charge is -2.14. The summed E-state index contributed by atoms with van der Waals surface area (Å²) in [6, 6.07) is 0.175. The molecular weight excluding hydrogens is 254 g/mol. The van der Waals surface area contributed by atoms with Crippen molar-refractivity contribution < 1.29 is 4.79 Å². The van der Waals surface area contributed by atoms with Crippen molar-refractivity contribution in [2.24, 2.45) is 11.5 Å². The van der Waals surface area contributed by atoms with E-state index in [4.69, 9.17) is 11.5 Å². The third-order valence-electron chi connectivity index (χ3n) is 3.61. The number of H-pyrrole nitrogens is 1. The molecule has 0 aliphatic heterocycles. The van der Waals surface area contributed by atoms with Gasteiger partial charge in [0.15, 0.2) is 5.65 Å². The lowest BCUT2D eigenvalue weighted by atomic mass is 9.92. The van der Waals surface area contributed by atoms with Gasteiger partial charge in [-0.15, -0.1) is 0 Å². The van der Waals surface area contributed by atoms with Gasteiger partial charge in [0.25, 0.3) is 0 Å². The molecule has 2 aromatic heterocycles. The third-order valence-corrected chi connectivity index (χ3v) is 3.61. The molecule has 0 aromatic carbocycles. The maximum atomic E-state index is 11.5. The van der Waals surface area contributed by atoms with Gasteiger partial charge in [0, 0.05) is 17.6 Å². The minimum absolute atomic E-state index is 0.175. The average Bonchev–Trinajstić information content (AvgIpc) is 2.86. The molecule has 2 aromatic rings. The van der Waals surface area contributed by atoms with E-state index in [0.717, 1.165) is 41.4 Å². The summed E-state index contributed by atoms with van der Waals surface area (Å²) in [7, 11) is 0. The highest BCUT2D eigenvalue weighted by Gasteiger charge is 2.19. The molecule has 0 spiro atoms. The quantitative estimate of drug-likeness (QED) is 0.736. The number of nitrogens with zero attached hydrogens (tertiary/aromatic N) is 2. The van der Waals surface area contributed by atoms with Crippen LogP contribution in [0, 0.1) is 0 Å². The van der Waals surface area contributed by atoms with E-state index in [1.165, 1.54) is 0 Å². The van der Waals surface area contributed by atoms with Gasteiger partial charge in [-0.05, 0) is 44.2 Å². The highest BCUT2D eigenvalue weighted by molar-refractivity contribution is 5.85. The number of amides is 1. The van der Waals surface area contributed by atoms with Crippen LogP contribution in [-0.2, 0) is 11.2 Å². The van der Waals surface area contributed by atoms with Crippen molar-refractivity contribution in [3.05, 3.63) is 23.5 Å². The van der Waals surface area contributed by atoms with E-state index >= 15 is 0 Å². The number of aromatic amines is 1. The Hall–Kier alpha value is -1.95. The number of primary amides is 1. The third kappa shape index (κ3) is 2.96. The Balaban J connectivity index is 2.37. The Labute approximate surface area is 117 Å². The van der Waals surface area contributed by atoms with Gasteiger partial charge in [0.05, 0.1) is 12.1 Å². The minimum atomic E-state index is -0.355. The van der Waals surface area contributed by atoms with E-state index in [2.05, 4.69) is 15.2 Å². The molecule has 1 amide bonds. The lowest BCUT2D eigenvalue weighted by molar-refractivity contribution is -0.119. The van der Waals surface area contributed by atoms with Crippen LogP contribution >= 0.6 is 0 Å². The summed E-state index contributed by atoms with van der Waals surface area (Å²) < 4.78 is 0. The maximum absolute atomic E-state index is 11.5. The molecule has 0 saturated carbocycles. The van der Waals surface area contributed by atoms with Crippen molar-refractivity contribution in [1.29, 1.82) is 0 Å². The van der Waals surface area contributed by atoms with Crippen LogP contribution in [-0.4, -0.2) is 27.1 Å². The largest absolute Gasteiger partial charge is 0.369 e. The Bertz CT molecular complexity index is 605. The van der Waals surface area contributed by atoms with Gasteiger partial charge < -0.3 is 11.5 Å². The molecule has 2 atom stereocenters. The molecule has 0 aliphatic carbocycles. The Morgan fingerprint density at radius 3 is 2.80 bits per heavy atom. The van der Waals surface area contributed by atoms with Crippen molar-refractivity contribution in [3.8, 4) is 0 Å². The topological polar surface area (TPSA) is 111 Å². The number of rotatable bonds is 6. The van der Waals surface area contributed by atoms with Crippen LogP contribution in [0.4, 0.5) is 0 Å². The molecular formula is C14H21N5O. The summed E-state index contributed by atoms with van der Waals surface area (Å²) in [5.41, 5.74) is 13.9. The van der Waals surface area contributed by atoms with Crippen LogP contribution in [0.15, 0.2) is 12.4 Å².